The van der Waals surface area contributed by atoms with Gasteiger partial charge in [0.2, 0.25) is 0 Å². The van der Waals surface area contributed by atoms with E-state index in [4.69, 9.17) is 33.7 Å². The fourth-order valence-corrected chi connectivity index (χ4v) is 5.69. The zero-order valence-corrected chi connectivity index (χ0v) is 23.7. The van der Waals surface area contributed by atoms with Crippen LogP contribution < -0.4 is 10.2 Å². The number of aromatic nitrogens is 2. The number of halogens is 2. The van der Waals surface area contributed by atoms with Crippen LogP contribution in [0.15, 0.2) is 88.4 Å². The highest BCUT2D eigenvalue weighted by molar-refractivity contribution is 9.10. The summed E-state index contributed by atoms with van der Waals surface area (Å²) in [6.45, 7) is 0. The smallest absolute Gasteiger partial charge is 0.285 e. The maximum Gasteiger partial charge on any atom is 0.285 e. The number of amides is 2. The normalized spacial score (nSPS) is 14.3. The van der Waals surface area contributed by atoms with Crippen LogP contribution in [0.4, 0.5) is 0 Å². The van der Waals surface area contributed by atoms with Crippen LogP contribution in [0, 0.1) is 0 Å². The number of methoxy groups -OCH3 is 1. The SMILES string of the molecule is COc1ccc(-c2nn(-c3ccccc3)cc2/C=C2/SC(=S)N(NC(=O)c3ccccc3Cl)C2=O)cc1Br. The van der Waals surface area contributed by atoms with Crippen LogP contribution in [-0.4, -0.2) is 38.0 Å². The number of para-hydroxylation sites is 1. The Kier molecular flexibility index (Phi) is 7.66. The number of thioether (sulfide) groups is 1. The lowest BCUT2D eigenvalue weighted by atomic mass is 10.1. The quantitative estimate of drug-likeness (QED) is 0.195. The van der Waals surface area contributed by atoms with E-state index in [0.29, 0.717) is 21.9 Å². The predicted octanol–water partition coefficient (Wildman–Crippen LogP) is 6.51. The van der Waals surface area contributed by atoms with E-state index < -0.39 is 11.8 Å². The first-order chi connectivity index (χ1) is 18.4. The Labute approximate surface area is 241 Å². The molecule has 0 atom stereocenters. The van der Waals surface area contributed by atoms with E-state index in [1.54, 1.807) is 42.1 Å². The lowest BCUT2D eigenvalue weighted by Gasteiger charge is -2.16. The van der Waals surface area contributed by atoms with Gasteiger partial charge in [-0.1, -0.05) is 53.7 Å². The van der Waals surface area contributed by atoms with Crippen LogP contribution in [0.1, 0.15) is 15.9 Å². The van der Waals surface area contributed by atoms with Crippen molar-refractivity contribution in [1.29, 1.82) is 0 Å². The van der Waals surface area contributed by atoms with Gasteiger partial charge in [0.1, 0.15) is 11.4 Å². The van der Waals surface area contributed by atoms with Crippen LogP contribution in [0.5, 0.6) is 5.75 Å². The molecule has 11 heteroatoms. The molecule has 1 aromatic heterocycles. The highest BCUT2D eigenvalue weighted by atomic mass is 79.9. The first-order valence-electron chi connectivity index (χ1n) is 11.2. The molecule has 5 rings (SSSR count). The number of hydrazine groups is 1. The second-order valence-corrected chi connectivity index (χ2v) is 10.9. The average Bonchev–Trinajstić information content (AvgIpc) is 3.46. The van der Waals surface area contributed by atoms with Crippen molar-refractivity contribution in [2.45, 2.75) is 0 Å². The van der Waals surface area contributed by atoms with E-state index in [9.17, 15) is 9.59 Å². The number of rotatable bonds is 6. The first kappa shape index (κ1) is 26.2. The van der Waals surface area contributed by atoms with Crippen molar-refractivity contribution in [2.24, 2.45) is 0 Å². The molecule has 1 fully saturated rings. The van der Waals surface area contributed by atoms with Crippen molar-refractivity contribution in [3.05, 3.63) is 105 Å². The first-order valence-corrected chi connectivity index (χ1v) is 13.6. The number of carbonyl (C=O) groups is 2. The highest BCUT2D eigenvalue weighted by Crippen LogP contribution is 2.36. The van der Waals surface area contributed by atoms with Crippen LogP contribution in [0.25, 0.3) is 23.0 Å². The zero-order valence-electron chi connectivity index (χ0n) is 19.7. The van der Waals surface area contributed by atoms with Gasteiger partial charge in [0.25, 0.3) is 11.8 Å². The number of benzene rings is 3. The number of hydrogen-bond donors (Lipinski definition) is 1. The lowest BCUT2D eigenvalue weighted by Crippen LogP contribution is -2.44. The largest absolute Gasteiger partial charge is 0.496 e. The molecular formula is C27H18BrClN4O3S2. The van der Waals surface area contributed by atoms with E-state index in [2.05, 4.69) is 21.4 Å². The van der Waals surface area contributed by atoms with Crippen LogP contribution in [-0.2, 0) is 4.79 Å². The molecular weight excluding hydrogens is 608 g/mol. The van der Waals surface area contributed by atoms with Gasteiger partial charge in [0, 0.05) is 17.3 Å². The summed E-state index contributed by atoms with van der Waals surface area (Å²) in [7, 11) is 1.60. The number of nitrogens with one attached hydrogen (secondary N) is 1. The fraction of sp³-hybridized carbons (Fsp3) is 0.0370. The third kappa shape index (κ3) is 5.25. The molecule has 0 radical (unpaired) electrons. The fourth-order valence-electron chi connectivity index (χ4n) is 3.76. The molecule has 190 valence electrons. The van der Waals surface area contributed by atoms with Crippen molar-refractivity contribution in [2.75, 3.05) is 7.11 Å². The van der Waals surface area contributed by atoms with Gasteiger partial charge >= 0.3 is 0 Å². The molecule has 1 aliphatic rings. The predicted molar refractivity (Wildman–Crippen MR) is 157 cm³/mol. The number of thiocarbonyl (C=S) groups is 1. The van der Waals surface area contributed by atoms with Gasteiger partial charge in [-0.05, 0) is 76.7 Å². The molecule has 3 aromatic carbocycles. The molecule has 38 heavy (non-hydrogen) atoms. The summed E-state index contributed by atoms with van der Waals surface area (Å²) in [5.41, 5.74) is 5.84. The summed E-state index contributed by atoms with van der Waals surface area (Å²) in [6, 6.07) is 21.9. The second kappa shape index (κ2) is 11.1. The molecule has 0 unspecified atom stereocenters. The third-order valence-electron chi connectivity index (χ3n) is 5.60. The molecule has 0 bridgehead atoms. The number of nitrogens with zero attached hydrogens (tertiary/aromatic N) is 3. The maximum atomic E-state index is 13.3. The van der Waals surface area contributed by atoms with Gasteiger partial charge in [-0.3, -0.25) is 15.0 Å². The Bertz CT molecular complexity index is 1610. The topological polar surface area (TPSA) is 76.5 Å². The zero-order chi connectivity index (χ0) is 26.8. The van der Waals surface area contributed by atoms with E-state index >= 15 is 0 Å². The molecule has 1 aliphatic heterocycles. The van der Waals surface area contributed by atoms with E-state index in [-0.39, 0.29) is 14.9 Å². The standard InChI is InChI=1S/C27H18BrClN4O3S2/c1-36-22-12-11-16(13-20(22)28)24-17(15-32(30-24)18-7-3-2-4-8-18)14-23-26(35)33(27(37)38-23)31-25(34)19-9-5-6-10-21(19)29/h2-15H,1H3,(H,31,34)/b23-14+. The van der Waals surface area contributed by atoms with Crippen LogP contribution in [0.3, 0.4) is 0 Å². The Morgan fingerprint density at radius 1 is 1.13 bits per heavy atom. The molecule has 1 N–H and O–H groups in total. The minimum absolute atomic E-state index is 0.200. The number of hydrogen-bond acceptors (Lipinski definition) is 6. The molecule has 1 saturated heterocycles. The van der Waals surface area contributed by atoms with Crippen LogP contribution >= 0.6 is 51.5 Å². The second-order valence-electron chi connectivity index (χ2n) is 8.00. The Balaban J connectivity index is 1.50. The molecule has 0 spiro atoms. The molecule has 0 aliphatic carbocycles. The number of carbonyl (C=O) groups excluding carboxylic acids is 2. The minimum Gasteiger partial charge on any atom is -0.496 e. The summed E-state index contributed by atoms with van der Waals surface area (Å²) in [5.74, 6) is -0.295. The summed E-state index contributed by atoms with van der Waals surface area (Å²) in [5, 5.41) is 6.14. The number of ether oxygens (including phenoxy) is 1. The summed E-state index contributed by atoms with van der Waals surface area (Å²) < 4.78 is 8.08. The Morgan fingerprint density at radius 3 is 2.58 bits per heavy atom. The molecule has 7 nitrogen and oxygen atoms in total. The summed E-state index contributed by atoms with van der Waals surface area (Å²) in [6.07, 6.45) is 3.57. The van der Waals surface area contributed by atoms with Crippen molar-refractivity contribution in [3.63, 3.8) is 0 Å². The molecule has 0 saturated carbocycles. The van der Waals surface area contributed by atoms with Gasteiger partial charge in [0.15, 0.2) is 4.32 Å². The van der Waals surface area contributed by atoms with Crippen LogP contribution in [0.2, 0.25) is 5.02 Å². The van der Waals surface area contributed by atoms with E-state index in [1.165, 1.54) is 0 Å². The van der Waals surface area contributed by atoms with Gasteiger partial charge < -0.3 is 4.74 Å². The average molecular weight is 626 g/mol. The van der Waals surface area contributed by atoms with E-state index in [1.807, 2.05) is 54.7 Å². The monoisotopic (exact) mass is 624 g/mol. The Morgan fingerprint density at radius 2 is 1.87 bits per heavy atom. The lowest BCUT2D eigenvalue weighted by molar-refractivity contribution is -0.123. The summed E-state index contributed by atoms with van der Waals surface area (Å²) >= 11 is 16.2. The maximum absolute atomic E-state index is 13.3. The van der Waals surface area contributed by atoms with Gasteiger partial charge in [-0.25, -0.2) is 4.68 Å². The van der Waals surface area contributed by atoms with Crippen molar-refractivity contribution in [1.82, 2.24) is 20.2 Å². The van der Waals surface area contributed by atoms with Gasteiger partial charge in [0.05, 0.1) is 32.8 Å². The van der Waals surface area contributed by atoms with Gasteiger partial charge in [-0.2, -0.15) is 10.1 Å². The third-order valence-corrected chi connectivity index (χ3v) is 7.85. The van der Waals surface area contributed by atoms with Crippen molar-refractivity contribution in [3.8, 4) is 22.7 Å². The molecule has 4 aromatic rings. The minimum atomic E-state index is -0.534. The van der Waals surface area contributed by atoms with Crippen molar-refractivity contribution >= 4 is 73.7 Å². The van der Waals surface area contributed by atoms with Crippen molar-refractivity contribution < 1.29 is 14.3 Å². The molecule has 2 heterocycles. The highest BCUT2D eigenvalue weighted by Gasteiger charge is 2.34. The molecule has 2 amide bonds. The summed E-state index contributed by atoms with van der Waals surface area (Å²) in [4.78, 5) is 26.4. The Hall–Kier alpha value is -3.44. The van der Waals surface area contributed by atoms with E-state index in [0.717, 1.165) is 32.5 Å². The van der Waals surface area contributed by atoms with Gasteiger partial charge in [-0.15, -0.1) is 0 Å².